The lowest BCUT2D eigenvalue weighted by Gasteiger charge is -2.17. The number of ether oxygens (including phenoxy) is 2. The highest BCUT2D eigenvalue weighted by Gasteiger charge is 2.36. The molecule has 2 aliphatic heterocycles. The van der Waals surface area contributed by atoms with Crippen molar-refractivity contribution >= 4 is 11.8 Å². The van der Waals surface area contributed by atoms with Crippen molar-refractivity contribution in [1.82, 2.24) is 0 Å². The Bertz CT molecular complexity index is 138. The van der Waals surface area contributed by atoms with E-state index in [1.54, 1.807) is 11.8 Å². The second-order valence-corrected chi connectivity index (χ2v) is 3.02. The Balaban J connectivity index is 2.13. The Kier molecular flexibility index (Phi) is 1.29. The van der Waals surface area contributed by atoms with Gasteiger partial charge in [0.05, 0.1) is 19.0 Å². The van der Waals surface area contributed by atoms with E-state index in [-0.39, 0.29) is 5.79 Å². The summed E-state index contributed by atoms with van der Waals surface area (Å²) in [4.78, 5) is 0. The van der Waals surface area contributed by atoms with Crippen molar-refractivity contribution in [2.24, 2.45) is 0 Å². The molecule has 2 aliphatic rings. The van der Waals surface area contributed by atoms with Gasteiger partial charge in [0, 0.05) is 0 Å². The fourth-order valence-corrected chi connectivity index (χ4v) is 1.91. The first-order valence-electron chi connectivity index (χ1n) is 2.99. The summed E-state index contributed by atoms with van der Waals surface area (Å²) in [7, 11) is 0. The summed E-state index contributed by atoms with van der Waals surface area (Å²) in [6.45, 7) is 1.48. The molecule has 2 nitrogen and oxygen atoms in total. The maximum absolute atomic E-state index is 5.37. The van der Waals surface area contributed by atoms with Crippen LogP contribution < -0.4 is 0 Å². The van der Waals surface area contributed by atoms with Crippen LogP contribution in [-0.2, 0) is 9.47 Å². The SMILES string of the molecule is C1=CC2(CS1)OCCO2. The first-order chi connectivity index (χ1) is 4.41. The Morgan fingerprint density at radius 1 is 1.33 bits per heavy atom. The van der Waals surface area contributed by atoms with E-state index in [1.807, 2.05) is 11.5 Å². The second-order valence-electron chi connectivity index (χ2n) is 2.12. The lowest BCUT2D eigenvalue weighted by molar-refractivity contribution is -0.0936. The van der Waals surface area contributed by atoms with Crippen LogP contribution in [0.5, 0.6) is 0 Å². The van der Waals surface area contributed by atoms with Gasteiger partial charge in [0.25, 0.3) is 0 Å². The van der Waals surface area contributed by atoms with Gasteiger partial charge in [-0.15, -0.1) is 11.8 Å². The van der Waals surface area contributed by atoms with Crippen molar-refractivity contribution in [2.75, 3.05) is 19.0 Å². The Hall–Kier alpha value is 0.01000. The van der Waals surface area contributed by atoms with E-state index >= 15 is 0 Å². The molecule has 50 valence electrons. The molecule has 1 spiro atoms. The molecule has 9 heavy (non-hydrogen) atoms. The molecule has 0 aromatic rings. The molecule has 0 N–H and O–H groups in total. The van der Waals surface area contributed by atoms with Gasteiger partial charge in [-0.2, -0.15) is 0 Å². The smallest absolute Gasteiger partial charge is 0.198 e. The summed E-state index contributed by atoms with van der Waals surface area (Å²) in [5.41, 5.74) is 0. The van der Waals surface area contributed by atoms with Crippen LogP contribution in [0.15, 0.2) is 11.5 Å². The van der Waals surface area contributed by atoms with Crippen LogP contribution in [-0.4, -0.2) is 24.8 Å². The monoisotopic (exact) mass is 144 g/mol. The largest absolute Gasteiger partial charge is 0.343 e. The maximum Gasteiger partial charge on any atom is 0.198 e. The quantitative estimate of drug-likeness (QED) is 0.505. The Morgan fingerprint density at radius 3 is 2.67 bits per heavy atom. The van der Waals surface area contributed by atoms with Crippen LogP contribution in [0.3, 0.4) is 0 Å². The van der Waals surface area contributed by atoms with E-state index in [4.69, 9.17) is 9.47 Å². The van der Waals surface area contributed by atoms with Gasteiger partial charge in [0.1, 0.15) is 0 Å². The standard InChI is InChI=1S/C6H8O2S/c1-4-9-5-6(1)7-2-3-8-6/h1,4H,2-3,5H2. The van der Waals surface area contributed by atoms with Gasteiger partial charge in [0.2, 0.25) is 0 Å². The molecule has 0 bridgehead atoms. The zero-order chi connectivity index (χ0) is 6.16. The van der Waals surface area contributed by atoms with Crippen molar-refractivity contribution in [3.63, 3.8) is 0 Å². The molecule has 0 aromatic heterocycles. The normalized spacial score (nSPS) is 30.2. The number of thioether (sulfide) groups is 1. The van der Waals surface area contributed by atoms with E-state index in [1.165, 1.54) is 0 Å². The fraction of sp³-hybridized carbons (Fsp3) is 0.667. The Morgan fingerprint density at radius 2 is 2.11 bits per heavy atom. The van der Waals surface area contributed by atoms with Crippen molar-refractivity contribution in [3.8, 4) is 0 Å². The molecule has 1 saturated heterocycles. The molecule has 0 aliphatic carbocycles. The fourth-order valence-electron chi connectivity index (χ4n) is 1.01. The first kappa shape index (κ1) is 5.77. The highest BCUT2D eigenvalue weighted by atomic mass is 32.2. The predicted molar refractivity (Wildman–Crippen MR) is 36.2 cm³/mol. The summed E-state index contributed by atoms with van der Waals surface area (Å²) in [6.07, 6.45) is 1.99. The van der Waals surface area contributed by atoms with Crippen molar-refractivity contribution < 1.29 is 9.47 Å². The average Bonchev–Trinajstić information content (AvgIpc) is 2.45. The van der Waals surface area contributed by atoms with Crippen LogP contribution in [0.4, 0.5) is 0 Å². The lowest BCUT2D eigenvalue weighted by atomic mass is 10.3. The van der Waals surface area contributed by atoms with E-state index in [0.29, 0.717) is 0 Å². The van der Waals surface area contributed by atoms with Crippen LogP contribution in [0.1, 0.15) is 0 Å². The van der Waals surface area contributed by atoms with Gasteiger partial charge in [-0.3, -0.25) is 0 Å². The summed E-state index contributed by atoms with van der Waals surface area (Å²) in [5, 5.41) is 2.03. The van der Waals surface area contributed by atoms with Gasteiger partial charge in [-0.1, -0.05) is 0 Å². The van der Waals surface area contributed by atoms with Crippen molar-refractivity contribution in [2.45, 2.75) is 5.79 Å². The van der Waals surface area contributed by atoms with Gasteiger partial charge < -0.3 is 9.47 Å². The highest BCUT2D eigenvalue weighted by Crippen LogP contribution is 2.32. The molecule has 3 heteroatoms. The third-order valence-electron chi connectivity index (χ3n) is 1.48. The molecule has 0 saturated carbocycles. The average molecular weight is 144 g/mol. The third kappa shape index (κ3) is 0.892. The Labute approximate surface area is 58.2 Å². The van der Waals surface area contributed by atoms with Gasteiger partial charge in [-0.05, 0) is 11.5 Å². The summed E-state index contributed by atoms with van der Waals surface area (Å²) < 4.78 is 10.7. The first-order valence-corrected chi connectivity index (χ1v) is 4.03. The van der Waals surface area contributed by atoms with Crippen LogP contribution in [0.2, 0.25) is 0 Å². The number of hydrogen-bond donors (Lipinski definition) is 0. The van der Waals surface area contributed by atoms with Crippen LogP contribution in [0, 0.1) is 0 Å². The summed E-state index contributed by atoms with van der Waals surface area (Å²) >= 11 is 1.74. The van der Waals surface area contributed by atoms with E-state index < -0.39 is 0 Å². The van der Waals surface area contributed by atoms with E-state index in [2.05, 4.69) is 0 Å². The molecular weight excluding hydrogens is 136 g/mol. The summed E-state index contributed by atoms with van der Waals surface area (Å²) in [6, 6.07) is 0. The molecule has 0 atom stereocenters. The number of hydrogen-bond acceptors (Lipinski definition) is 3. The van der Waals surface area contributed by atoms with Crippen molar-refractivity contribution in [1.29, 1.82) is 0 Å². The van der Waals surface area contributed by atoms with Crippen LogP contribution >= 0.6 is 11.8 Å². The van der Waals surface area contributed by atoms with Gasteiger partial charge in [0.15, 0.2) is 5.79 Å². The number of rotatable bonds is 0. The third-order valence-corrected chi connectivity index (χ3v) is 2.38. The molecule has 1 fully saturated rings. The molecule has 0 aromatic carbocycles. The maximum atomic E-state index is 5.37. The lowest BCUT2D eigenvalue weighted by Crippen LogP contribution is -2.27. The minimum Gasteiger partial charge on any atom is -0.343 e. The zero-order valence-corrected chi connectivity index (χ0v) is 5.82. The van der Waals surface area contributed by atoms with E-state index in [0.717, 1.165) is 19.0 Å². The molecule has 0 radical (unpaired) electrons. The minimum atomic E-state index is -0.329. The minimum absolute atomic E-state index is 0.329. The van der Waals surface area contributed by atoms with Gasteiger partial charge >= 0.3 is 0 Å². The van der Waals surface area contributed by atoms with E-state index in [9.17, 15) is 0 Å². The highest BCUT2D eigenvalue weighted by molar-refractivity contribution is 8.02. The molecule has 0 amide bonds. The predicted octanol–water partition coefficient (Wildman–Crippen LogP) is 0.990. The van der Waals surface area contributed by atoms with Gasteiger partial charge in [-0.25, -0.2) is 0 Å². The molecule has 2 rings (SSSR count). The van der Waals surface area contributed by atoms with Crippen LogP contribution in [0.25, 0.3) is 0 Å². The summed E-state index contributed by atoms with van der Waals surface area (Å²) in [5.74, 6) is 0.595. The van der Waals surface area contributed by atoms with Crippen molar-refractivity contribution in [3.05, 3.63) is 11.5 Å². The zero-order valence-electron chi connectivity index (χ0n) is 5.00. The second kappa shape index (κ2) is 2.01. The molecular formula is C6H8O2S. The topological polar surface area (TPSA) is 18.5 Å². The molecule has 0 unspecified atom stereocenters. The molecule has 2 heterocycles.